The number of fused-ring (bicyclic) bond motifs is 1. The number of benzene rings is 2. The van der Waals surface area contributed by atoms with Crippen LogP contribution in [0.4, 0.5) is 0 Å². The molecule has 11 heteroatoms. The van der Waals surface area contributed by atoms with Crippen molar-refractivity contribution in [2.45, 2.75) is 121 Å². The van der Waals surface area contributed by atoms with Crippen molar-refractivity contribution in [3.8, 4) is 0 Å². The normalized spacial score (nSPS) is 22.5. The van der Waals surface area contributed by atoms with Crippen molar-refractivity contribution in [3.05, 3.63) is 70.1 Å². The molecule has 3 heterocycles. The monoisotopic (exact) mass is 771 g/mol. The maximum Gasteiger partial charge on any atom is 0.246 e. The first-order valence-electron chi connectivity index (χ1n) is 19.8. The number of halogens is 1. The Bertz CT molecular complexity index is 1930. The van der Waals surface area contributed by atoms with Gasteiger partial charge in [-0.15, -0.1) is 11.3 Å². The SMILES string of the molecule is CCC[C@@H](CC(=O)[C@@H]1C[C@]2(CC(c3cccc(Cl)c3)=NO2)CN1C(=O)[C@H](Cc1csc2ccccc12)NC(=O)CC1CCCCC1)C(=O)C(=O)CC1CC1. The highest BCUT2D eigenvalue weighted by Crippen LogP contribution is 2.41. The average Bonchev–Trinajstić information content (AvgIpc) is 3.56. The van der Waals surface area contributed by atoms with E-state index in [2.05, 4.69) is 10.5 Å². The van der Waals surface area contributed by atoms with Gasteiger partial charge < -0.3 is 15.1 Å². The number of hydrogen-bond acceptors (Lipinski definition) is 8. The fourth-order valence-electron chi connectivity index (χ4n) is 8.69. The Hall–Kier alpha value is -3.89. The molecule has 1 spiro atoms. The number of Topliss-reactive ketones (excluding diaryl/α,β-unsaturated/α-hetero) is 3. The number of oxime groups is 1. The van der Waals surface area contributed by atoms with Crippen LogP contribution in [0.25, 0.3) is 10.1 Å². The molecule has 286 valence electrons. The van der Waals surface area contributed by atoms with Gasteiger partial charge in [-0.3, -0.25) is 24.0 Å². The van der Waals surface area contributed by atoms with Crippen molar-refractivity contribution in [3.63, 3.8) is 0 Å². The summed E-state index contributed by atoms with van der Waals surface area (Å²) in [7, 11) is 0. The zero-order chi connectivity index (χ0) is 37.8. The van der Waals surface area contributed by atoms with Crippen molar-refractivity contribution in [1.29, 1.82) is 0 Å². The van der Waals surface area contributed by atoms with E-state index in [1.807, 2.05) is 54.8 Å². The maximum atomic E-state index is 15.0. The molecule has 0 unspecified atom stereocenters. The first-order chi connectivity index (χ1) is 26.1. The van der Waals surface area contributed by atoms with Crippen LogP contribution in [0.1, 0.15) is 108 Å². The number of carbonyl (C=O) groups is 5. The van der Waals surface area contributed by atoms with Crippen LogP contribution in [0.5, 0.6) is 0 Å². The molecule has 7 rings (SSSR count). The Kier molecular flexibility index (Phi) is 12.0. The van der Waals surface area contributed by atoms with Gasteiger partial charge in [0, 0.05) is 59.7 Å². The standard InChI is InChI=1S/C43H50ClN3O6S/c1-2-9-30(41(51)38(49)18-28-16-17-28)22-37(48)36-24-43(23-35(46-53-43)29-12-8-13-32(44)20-29)26-47(36)42(52)34(45-40(50)19-27-10-4-3-5-11-27)21-31-25-54-39-15-7-6-14-33(31)39/h6-8,12-15,20,25,27-28,30,34,36H,2-5,9-11,16-19,21-24,26H2,1H3,(H,45,50)/t30-,34-,36-,43+/m0/s1. The summed E-state index contributed by atoms with van der Waals surface area (Å²) >= 11 is 7.91. The van der Waals surface area contributed by atoms with Gasteiger partial charge in [0.25, 0.3) is 0 Å². The minimum atomic E-state index is -0.981. The minimum absolute atomic E-state index is 0.0855. The Balaban J connectivity index is 1.17. The molecule has 0 bridgehead atoms. The van der Waals surface area contributed by atoms with Crippen LogP contribution in [0.3, 0.4) is 0 Å². The number of likely N-dealkylation sites (tertiary alicyclic amines) is 1. The van der Waals surface area contributed by atoms with E-state index in [1.54, 1.807) is 22.3 Å². The molecule has 9 nitrogen and oxygen atoms in total. The van der Waals surface area contributed by atoms with Crippen LogP contribution < -0.4 is 5.32 Å². The summed E-state index contributed by atoms with van der Waals surface area (Å²) < 4.78 is 1.09. The van der Waals surface area contributed by atoms with Crippen molar-refractivity contribution in [1.82, 2.24) is 10.2 Å². The van der Waals surface area contributed by atoms with E-state index < -0.39 is 35.2 Å². The third-order valence-electron chi connectivity index (χ3n) is 11.8. The number of nitrogens with one attached hydrogen (secondary N) is 1. The summed E-state index contributed by atoms with van der Waals surface area (Å²) in [5.41, 5.74) is 1.44. The smallest absolute Gasteiger partial charge is 0.246 e. The van der Waals surface area contributed by atoms with E-state index in [1.165, 1.54) is 6.42 Å². The average molecular weight is 772 g/mol. The number of ketones is 3. The quantitative estimate of drug-likeness (QED) is 0.147. The number of rotatable bonds is 16. The molecule has 2 aromatic carbocycles. The Morgan fingerprint density at radius 3 is 2.54 bits per heavy atom. The summed E-state index contributed by atoms with van der Waals surface area (Å²) in [5, 5.41) is 11.2. The van der Waals surface area contributed by atoms with Crippen molar-refractivity contribution in [2.75, 3.05) is 6.54 Å². The Morgan fingerprint density at radius 1 is 1.00 bits per heavy atom. The second kappa shape index (κ2) is 16.9. The molecule has 4 aliphatic rings. The van der Waals surface area contributed by atoms with E-state index in [0.717, 1.165) is 59.7 Å². The largest absolute Gasteiger partial charge is 0.387 e. The minimum Gasteiger partial charge on any atom is -0.387 e. The number of amides is 2. The predicted molar refractivity (Wildman–Crippen MR) is 211 cm³/mol. The van der Waals surface area contributed by atoms with Gasteiger partial charge in [-0.25, -0.2) is 0 Å². The summed E-state index contributed by atoms with van der Waals surface area (Å²) in [6.07, 6.45) is 9.61. The topological polar surface area (TPSA) is 122 Å². The van der Waals surface area contributed by atoms with Crippen molar-refractivity contribution in [2.24, 2.45) is 22.9 Å². The molecule has 1 N–H and O–H groups in total. The maximum absolute atomic E-state index is 15.0. The van der Waals surface area contributed by atoms with Gasteiger partial charge in [-0.1, -0.05) is 79.7 Å². The van der Waals surface area contributed by atoms with E-state index in [-0.39, 0.29) is 61.7 Å². The molecule has 4 atom stereocenters. The number of hydrogen-bond donors (Lipinski definition) is 1. The molecule has 2 saturated carbocycles. The highest BCUT2D eigenvalue weighted by molar-refractivity contribution is 7.17. The van der Waals surface area contributed by atoms with Crippen LogP contribution in [-0.4, -0.2) is 64.0 Å². The Morgan fingerprint density at radius 2 is 1.78 bits per heavy atom. The third kappa shape index (κ3) is 8.97. The lowest BCUT2D eigenvalue weighted by atomic mass is 9.85. The number of carbonyl (C=O) groups excluding carboxylic acids is 5. The van der Waals surface area contributed by atoms with E-state index in [9.17, 15) is 24.0 Å². The molecule has 2 aliphatic carbocycles. The highest BCUT2D eigenvalue weighted by Gasteiger charge is 2.54. The van der Waals surface area contributed by atoms with Gasteiger partial charge in [0.1, 0.15) is 6.04 Å². The second-order valence-electron chi connectivity index (χ2n) is 16.1. The van der Waals surface area contributed by atoms with Gasteiger partial charge in [0.15, 0.2) is 17.2 Å². The van der Waals surface area contributed by atoms with E-state index >= 15 is 0 Å². The van der Waals surface area contributed by atoms with Gasteiger partial charge in [0.2, 0.25) is 17.6 Å². The summed E-state index contributed by atoms with van der Waals surface area (Å²) in [6.45, 7) is 2.02. The molecule has 2 amide bonds. The first kappa shape index (κ1) is 38.4. The van der Waals surface area contributed by atoms with Crippen LogP contribution in [0.15, 0.2) is 59.1 Å². The van der Waals surface area contributed by atoms with Crippen molar-refractivity contribution < 1.29 is 28.8 Å². The molecular weight excluding hydrogens is 722 g/mol. The van der Waals surface area contributed by atoms with Gasteiger partial charge in [0.05, 0.1) is 18.3 Å². The van der Waals surface area contributed by atoms with Crippen LogP contribution in [0, 0.1) is 17.8 Å². The highest BCUT2D eigenvalue weighted by atomic mass is 35.5. The molecule has 1 saturated heterocycles. The molecule has 54 heavy (non-hydrogen) atoms. The number of thiophene rings is 1. The van der Waals surface area contributed by atoms with Crippen LogP contribution in [-0.2, 0) is 35.2 Å². The fraction of sp³-hybridized carbons (Fsp3) is 0.535. The summed E-state index contributed by atoms with van der Waals surface area (Å²) in [4.78, 5) is 77.3. The lowest BCUT2D eigenvalue weighted by molar-refractivity contribution is -0.143. The molecule has 0 radical (unpaired) electrons. The molecular formula is C43H50ClN3O6S. The zero-order valence-electron chi connectivity index (χ0n) is 31.0. The van der Waals surface area contributed by atoms with Gasteiger partial charge in [-0.2, -0.15) is 0 Å². The first-order valence-corrected chi connectivity index (χ1v) is 21.0. The number of nitrogens with zero attached hydrogens (tertiary/aromatic N) is 2. The Labute approximate surface area is 326 Å². The molecule has 3 fully saturated rings. The van der Waals surface area contributed by atoms with Gasteiger partial charge >= 0.3 is 0 Å². The molecule has 1 aromatic heterocycles. The van der Waals surface area contributed by atoms with E-state index in [4.69, 9.17) is 16.4 Å². The third-order valence-corrected chi connectivity index (χ3v) is 13.0. The lowest BCUT2D eigenvalue weighted by Gasteiger charge is -2.30. The predicted octanol–water partition coefficient (Wildman–Crippen LogP) is 8.03. The zero-order valence-corrected chi connectivity index (χ0v) is 32.6. The van der Waals surface area contributed by atoms with Crippen molar-refractivity contribution >= 4 is 67.9 Å². The van der Waals surface area contributed by atoms with E-state index in [0.29, 0.717) is 36.4 Å². The lowest BCUT2D eigenvalue weighted by Crippen LogP contribution is -2.53. The van der Waals surface area contributed by atoms with Crippen LogP contribution >= 0.6 is 22.9 Å². The van der Waals surface area contributed by atoms with Gasteiger partial charge in [-0.05, 0) is 78.5 Å². The second-order valence-corrected chi connectivity index (χ2v) is 17.4. The van der Waals surface area contributed by atoms with Crippen LogP contribution in [0.2, 0.25) is 5.02 Å². The summed E-state index contributed by atoms with van der Waals surface area (Å²) in [6, 6.07) is 13.5. The summed E-state index contributed by atoms with van der Waals surface area (Å²) in [5.74, 6) is -1.88. The fourth-order valence-corrected chi connectivity index (χ4v) is 9.85. The molecule has 3 aromatic rings. The molecule has 2 aliphatic heterocycles.